The van der Waals surface area contributed by atoms with Gasteiger partial charge in [0.1, 0.15) is 34.7 Å². The second-order valence-electron chi connectivity index (χ2n) is 8.53. The fourth-order valence-electron chi connectivity index (χ4n) is 4.65. The number of fused-ring (bicyclic) bond motifs is 1. The van der Waals surface area contributed by atoms with Crippen molar-refractivity contribution in [3.63, 3.8) is 0 Å². The Morgan fingerprint density at radius 2 is 1.83 bits per heavy atom. The summed E-state index contributed by atoms with van der Waals surface area (Å²) in [5.41, 5.74) is 8.16. The average molecular weight is 480 g/mol. The van der Waals surface area contributed by atoms with Crippen LogP contribution in [0.3, 0.4) is 0 Å². The normalized spacial score (nSPS) is 16.1. The van der Waals surface area contributed by atoms with E-state index in [0.29, 0.717) is 40.2 Å². The quantitative estimate of drug-likeness (QED) is 0.444. The first-order valence-electron chi connectivity index (χ1n) is 11.1. The summed E-state index contributed by atoms with van der Waals surface area (Å²) in [6.07, 6.45) is 1.79. The van der Waals surface area contributed by atoms with Gasteiger partial charge >= 0.3 is 6.03 Å². The summed E-state index contributed by atoms with van der Waals surface area (Å²) in [7, 11) is 1.53. The first-order chi connectivity index (χ1) is 16.7. The molecule has 1 unspecified atom stereocenters. The molecular weight excluding hydrogens is 457 g/mol. The van der Waals surface area contributed by atoms with Crippen molar-refractivity contribution in [3.8, 4) is 11.1 Å². The number of urea groups is 1. The van der Waals surface area contributed by atoms with Crippen LogP contribution in [0.25, 0.3) is 22.2 Å². The van der Waals surface area contributed by atoms with Gasteiger partial charge < -0.3 is 15.2 Å². The van der Waals surface area contributed by atoms with Crippen LogP contribution < -0.4 is 10.6 Å². The summed E-state index contributed by atoms with van der Waals surface area (Å²) in [6, 6.07) is 6.68. The van der Waals surface area contributed by atoms with Crippen molar-refractivity contribution in [1.82, 2.24) is 19.4 Å². The maximum atomic E-state index is 15.5. The van der Waals surface area contributed by atoms with Gasteiger partial charge in [-0.05, 0) is 38.1 Å². The molecule has 1 saturated heterocycles. The number of hydrogen-bond acceptors (Lipinski definition) is 4. The lowest BCUT2D eigenvalue weighted by Crippen LogP contribution is -2.29. The van der Waals surface area contributed by atoms with Gasteiger partial charge in [-0.15, -0.1) is 0 Å². The van der Waals surface area contributed by atoms with Crippen molar-refractivity contribution in [2.45, 2.75) is 26.4 Å². The molecule has 10 heteroatoms. The number of nitrogens with zero attached hydrogens (tertiary/aromatic N) is 5. The Hall–Kier alpha value is -4.08. The van der Waals surface area contributed by atoms with Gasteiger partial charge in [-0.1, -0.05) is 6.07 Å². The summed E-state index contributed by atoms with van der Waals surface area (Å²) in [5.74, 6) is -1.20. The third kappa shape index (κ3) is 3.65. The van der Waals surface area contributed by atoms with Gasteiger partial charge in [-0.2, -0.15) is 0 Å². The number of aromatic nitrogens is 3. The highest BCUT2D eigenvalue weighted by Crippen LogP contribution is 2.38. The van der Waals surface area contributed by atoms with E-state index in [1.807, 2.05) is 11.5 Å². The van der Waals surface area contributed by atoms with E-state index < -0.39 is 29.5 Å². The van der Waals surface area contributed by atoms with Gasteiger partial charge in [0.2, 0.25) is 0 Å². The Morgan fingerprint density at radius 3 is 2.51 bits per heavy atom. The number of likely N-dealkylation sites (N-methyl/N-ethyl adjacent to an activating group) is 1. The van der Waals surface area contributed by atoms with Gasteiger partial charge in [-0.3, -0.25) is 4.90 Å². The summed E-state index contributed by atoms with van der Waals surface area (Å²) in [6.45, 7) is 4.40. The maximum Gasteiger partial charge on any atom is 0.324 e. The average Bonchev–Trinajstić information content (AvgIpc) is 3.31. The Balaban J connectivity index is 1.52. The summed E-state index contributed by atoms with van der Waals surface area (Å²) in [4.78, 5) is 24.4. The van der Waals surface area contributed by atoms with E-state index in [9.17, 15) is 13.6 Å². The highest BCUT2D eigenvalue weighted by atomic mass is 19.1. The number of nitrogen functional groups attached to an aromatic ring is 1. The topological polar surface area (TPSA) is 80.3 Å². The fourth-order valence-corrected chi connectivity index (χ4v) is 4.65. The first-order valence-corrected chi connectivity index (χ1v) is 11.1. The molecule has 4 aromatic rings. The van der Waals surface area contributed by atoms with E-state index in [1.165, 1.54) is 29.0 Å². The monoisotopic (exact) mass is 480 g/mol. The lowest BCUT2D eigenvalue weighted by molar-refractivity contribution is 0.218. The molecule has 35 heavy (non-hydrogen) atoms. The predicted molar refractivity (Wildman–Crippen MR) is 127 cm³/mol. The molecule has 1 aliphatic rings. The molecular formula is C25H23F3N6O. The molecule has 2 aromatic heterocycles. The highest BCUT2D eigenvalue weighted by Gasteiger charge is 2.38. The molecule has 0 saturated carbocycles. The number of hydrogen-bond donors (Lipinski definition) is 1. The number of nitrogens with two attached hydrogens (primary N) is 1. The van der Waals surface area contributed by atoms with Gasteiger partial charge in [0.25, 0.3) is 0 Å². The van der Waals surface area contributed by atoms with Crippen LogP contribution >= 0.6 is 0 Å². The molecule has 1 aliphatic heterocycles. The Labute approximate surface area is 199 Å². The number of carbonyl (C=O) groups is 1. The lowest BCUT2D eigenvalue weighted by atomic mass is 10.0. The van der Waals surface area contributed by atoms with E-state index in [0.717, 1.165) is 12.1 Å². The number of amides is 2. The molecule has 1 fully saturated rings. The van der Waals surface area contributed by atoms with Gasteiger partial charge in [0.05, 0.1) is 18.0 Å². The van der Waals surface area contributed by atoms with Crippen molar-refractivity contribution in [1.29, 1.82) is 0 Å². The minimum absolute atomic E-state index is 0.0892. The SMILES string of the molecule is CCn1cc(-c2ccc(N3CC(c4ccc(F)cc4F)N(C)C3=O)cc2F)c2c(N)nc(C)nc21. The second kappa shape index (κ2) is 8.30. The van der Waals surface area contributed by atoms with E-state index in [-0.39, 0.29) is 17.9 Å². The number of carbonyl (C=O) groups excluding carboxylic acids is 1. The summed E-state index contributed by atoms with van der Waals surface area (Å²) < 4.78 is 45.1. The summed E-state index contributed by atoms with van der Waals surface area (Å²) in [5, 5.41) is 0.563. The zero-order valence-corrected chi connectivity index (χ0v) is 19.4. The van der Waals surface area contributed by atoms with Crippen LogP contribution in [-0.4, -0.2) is 39.1 Å². The van der Waals surface area contributed by atoms with Crippen LogP contribution in [0.5, 0.6) is 0 Å². The number of rotatable bonds is 4. The number of benzene rings is 2. The zero-order valence-electron chi connectivity index (χ0n) is 19.4. The number of anilines is 2. The molecule has 3 heterocycles. The molecule has 1 atom stereocenters. The van der Waals surface area contributed by atoms with Gasteiger partial charge in [-0.25, -0.2) is 27.9 Å². The van der Waals surface area contributed by atoms with Crippen molar-refractivity contribution in [2.75, 3.05) is 24.2 Å². The molecule has 2 amide bonds. The van der Waals surface area contributed by atoms with Crippen LogP contribution in [0.1, 0.15) is 24.4 Å². The van der Waals surface area contributed by atoms with Gasteiger partial charge in [0, 0.05) is 48.2 Å². The van der Waals surface area contributed by atoms with Crippen molar-refractivity contribution < 1.29 is 18.0 Å². The van der Waals surface area contributed by atoms with Gasteiger partial charge in [0.15, 0.2) is 0 Å². The summed E-state index contributed by atoms with van der Waals surface area (Å²) >= 11 is 0. The van der Waals surface area contributed by atoms with Crippen LogP contribution in [-0.2, 0) is 6.54 Å². The Morgan fingerprint density at radius 1 is 1.06 bits per heavy atom. The third-order valence-corrected chi connectivity index (χ3v) is 6.43. The van der Waals surface area contributed by atoms with Crippen LogP contribution in [0.2, 0.25) is 0 Å². The predicted octanol–water partition coefficient (Wildman–Crippen LogP) is 5.04. The Kier molecular flexibility index (Phi) is 5.38. The van der Waals surface area contributed by atoms with Crippen molar-refractivity contribution in [3.05, 3.63) is 71.4 Å². The van der Waals surface area contributed by atoms with E-state index in [1.54, 1.807) is 25.3 Å². The third-order valence-electron chi connectivity index (χ3n) is 6.43. The minimum Gasteiger partial charge on any atom is -0.383 e. The zero-order chi connectivity index (χ0) is 25.0. The molecule has 0 spiro atoms. The molecule has 5 rings (SSSR count). The van der Waals surface area contributed by atoms with Crippen molar-refractivity contribution >= 4 is 28.6 Å². The molecule has 7 nitrogen and oxygen atoms in total. The first kappa shape index (κ1) is 22.7. The maximum absolute atomic E-state index is 15.5. The smallest absolute Gasteiger partial charge is 0.324 e. The second-order valence-corrected chi connectivity index (χ2v) is 8.53. The standard InChI is InChI=1S/C25H23F3N6O/c1-4-33-11-18(22-23(29)30-13(2)31-24(22)33)16-8-6-15(10-20(16)28)34-12-21(32(3)25(34)35)17-7-5-14(26)9-19(17)27/h5-11,21H,4,12H2,1-3H3,(H2,29,30,31). The minimum atomic E-state index is -0.736. The van der Waals surface area contributed by atoms with E-state index in [2.05, 4.69) is 9.97 Å². The molecule has 180 valence electrons. The van der Waals surface area contributed by atoms with Crippen LogP contribution in [0.4, 0.5) is 29.5 Å². The van der Waals surface area contributed by atoms with E-state index in [4.69, 9.17) is 5.73 Å². The van der Waals surface area contributed by atoms with E-state index >= 15 is 4.39 Å². The van der Waals surface area contributed by atoms with Crippen LogP contribution in [0.15, 0.2) is 42.6 Å². The van der Waals surface area contributed by atoms with Crippen LogP contribution in [0, 0.1) is 24.4 Å². The lowest BCUT2D eigenvalue weighted by Gasteiger charge is -2.18. The Bertz CT molecular complexity index is 1480. The van der Waals surface area contributed by atoms with Crippen molar-refractivity contribution in [2.24, 2.45) is 0 Å². The number of aryl methyl sites for hydroxylation is 2. The fraction of sp³-hybridized carbons (Fsp3) is 0.240. The molecule has 2 aromatic carbocycles. The molecule has 0 bridgehead atoms. The molecule has 0 aliphatic carbocycles. The molecule has 2 N–H and O–H groups in total. The number of halogens is 3. The highest BCUT2D eigenvalue weighted by molar-refractivity contribution is 6.01. The molecule has 0 radical (unpaired) electrons. The largest absolute Gasteiger partial charge is 0.383 e.